The highest BCUT2D eigenvalue weighted by Crippen LogP contribution is 2.34. The summed E-state index contributed by atoms with van der Waals surface area (Å²) in [5, 5.41) is 6.29. The molecule has 2 aromatic rings. The summed E-state index contributed by atoms with van der Waals surface area (Å²) in [7, 11) is 0. The Kier molecular flexibility index (Phi) is 3.94. The number of carbonyl (C=O) groups excluding carboxylic acids is 1. The SMILES string of the molecule is O=C1NC[C@H]2C[C@H](c3ccc(OCc4ccccc4F)cc3)N[C@@H]12. The molecular weight excluding hydrogens is 307 g/mol. The molecule has 0 bridgehead atoms. The first kappa shape index (κ1) is 15.1. The number of hydrogen-bond acceptors (Lipinski definition) is 3. The van der Waals surface area contributed by atoms with Crippen molar-refractivity contribution in [2.24, 2.45) is 5.92 Å². The maximum Gasteiger partial charge on any atom is 0.237 e. The maximum atomic E-state index is 13.6. The van der Waals surface area contributed by atoms with Crippen LogP contribution in [0.1, 0.15) is 23.6 Å². The van der Waals surface area contributed by atoms with E-state index in [2.05, 4.69) is 10.6 Å². The summed E-state index contributed by atoms with van der Waals surface area (Å²) in [5.41, 5.74) is 1.69. The zero-order valence-electron chi connectivity index (χ0n) is 13.2. The van der Waals surface area contributed by atoms with Gasteiger partial charge in [0.2, 0.25) is 5.91 Å². The fourth-order valence-electron chi connectivity index (χ4n) is 3.50. The minimum absolute atomic E-state index is 0.0630. The fraction of sp³-hybridized carbons (Fsp3) is 0.316. The molecule has 4 nitrogen and oxygen atoms in total. The van der Waals surface area contributed by atoms with E-state index < -0.39 is 0 Å². The van der Waals surface area contributed by atoms with Gasteiger partial charge in [0, 0.05) is 24.1 Å². The van der Waals surface area contributed by atoms with Crippen LogP contribution in [0.2, 0.25) is 0 Å². The molecule has 0 spiro atoms. The molecule has 2 fully saturated rings. The third-order valence-corrected chi connectivity index (χ3v) is 4.85. The van der Waals surface area contributed by atoms with Crippen LogP contribution in [0.5, 0.6) is 5.75 Å². The van der Waals surface area contributed by atoms with Crippen LogP contribution in [0.25, 0.3) is 0 Å². The molecule has 0 radical (unpaired) electrons. The van der Waals surface area contributed by atoms with E-state index in [4.69, 9.17) is 4.74 Å². The molecule has 3 atom stereocenters. The van der Waals surface area contributed by atoms with Gasteiger partial charge < -0.3 is 10.1 Å². The van der Waals surface area contributed by atoms with Gasteiger partial charge in [0.15, 0.2) is 0 Å². The van der Waals surface area contributed by atoms with Crippen LogP contribution < -0.4 is 15.4 Å². The second-order valence-corrected chi connectivity index (χ2v) is 6.39. The van der Waals surface area contributed by atoms with E-state index in [9.17, 15) is 9.18 Å². The molecule has 5 heteroatoms. The number of hydrogen-bond donors (Lipinski definition) is 2. The van der Waals surface area contributed by atoms with Crippen LogP contribution in [0, 0.1) is 11.7 Å². The topological polar surface area (TPSA) is 50.4 Å². The molecule has 0 aliphatic carbocycles. The van der Waals surface area contributed by atoms with Gasteiger partial charge in [-0.3, -0.25) is 10.1 Å². The zero-order chi connectivity index (χ0) is 16.5. The van der Waals surface area contributed by atoms with Crippen molar-refractivity contribution in [2.75, 3.05) is 6.54 Å². The van der Waals surface area contributed by atoms with E-state index in [1.807, 2.05) is 24.3 Å². The molecule has 124 valence electrons. The van der Waals surface area contributed by atoms with Crippen molar-refractivity contribution in [1.82, 2.24) is 10.6 Å². The van der Waals surface area contributed by atoms with E-state index in [1.54, 1.807) is 18.2 Å². The third kappa shape index (κ3) is 2.87. The smallest absolute Gasteiger partial charge is 0.237 e. The van der Waals surface area contributed by atoms with Crippen molar-refractivity contribution < 1.29 is 13.9 Å². The normalized spacial score (nSPS) is 25.4. The zero-order valence-corrected chi connectivity index (χ0v) is 13.2. The van der Waals surface area contributed by atoms with Crippen LogP contribution in [0.4, 0.5) is 4.39 Å². The number of nitrogens with one attached hydrogen (secondary N) is 2. The Bertz CT molecular complexity index is 747. The Morgan fingerprint density at radius 1 is 1.12 bits per heavy atom. The first-order chi connectivity index (χ1) is 11.7. The van der Waals surface area contributed by atoms with Gasteiger partial charge in [-0.05, 0) is 30.2 Å². The van der Waals surface area contributed by atoms with Crippen LogP contribution in [-0.2, 0) is 11.4 Å². The molecule has 2 saturated heterocycles. The highest BCUT2D eigenvalue weighted by Gasteiger charge is 2.42. The van der Waals surface area contributed by atoms with E-state index >= 15 is 0 Å². The van der Waals surface area contributed by atoms with Gasteiger partial charge in [0.1, 0.15) is 18.2 Å². The van der Waals surface area contributed by atoms with Crippen LogP contribution >= 0.6 is 0 Å². The Labute approximate surface area is 140 Å². The first-order valence-electron chi connectivity index (χ1n) is 8.20. The quantitative estimate of drug-likeness (QED) is 0.908. The number of carbonyl (C=O) groups is 1. The Balaban J connectivity index is 1.39. The molecule has 1 amide bonds. The summed E-state index contributed by atoms with van der Waals surface area (Å²) >= 11 is 0. The van der Waals surface area contributed by atoms with Crippen molar-refractivity contribution >= 4 is 5.91 Å². The molecular formula is C19H19FN2O2. The summed E-state index contributed by atoms with van der Waals surface area (Å²) < 4.78 is 19.2. The lowest BCUT2D eigenvalue weighted by atomic mass is 9.98. The standard InChI is InChI=1S/C19H19FN2O2/c20-16-4-2-1-3-13(16)11-24-15-7-5-12(6-8-15)17-9-14-10-21-19(23)18(14)22-17/h1-8,14,17-18,22H,9-11H2,(H,21,23)/t14-,17-,18-/m1/s1. The Morgan fingerprint density at radius 2 is 1.92 bits per heavy atom. The molecule has 24 heavy (non-hydrogen) atoms. The molecule has 2 aliphatic heterocycles. The van der Waals surface area contributed by atoms with Gasteiger partial charge in [-0.1, -0.05) is 30.3 Å². The summed E-state index contributed by atoms with van der Waals surface area (Å²) in [6.45, 7) is 0.967. The fourth-order valence-corrected chi connectivity index (χ4v) is 3.50. The minimum Gasteiger partial charge on any atom is -0.489 e. The molecule has 2 N–H and O–H groups in total. The monoisotopic (exact) mass is 326 g/mol. The molecule has 0 saturated carbocycles. The molecule has 2 heterocycles. The highest BCUT2D eigenvalue weighted by atomic mass is 19.1. The van der Waals surface area contributed by atoms with Crippen molar-refractivity contribution in [1.29, 1.82) is 0 Å². The number of rotatable bonds is 4. The summed E-state index contributed by atoms with van der Waals surface area (Å²) in [6, 6.07) is 14.6. The third-order valence-electron chi connectivity index (χ3n) is 4.85. The second kappa shape index (κ2) is 6.24. The number of amides is 1. The number of benzene rings is 2. The maximum absolute atomic E-state index is 13.6. The van der Waals surface area contributed by atoms with Crippen LogP contribution in [0.3, 0.4) is 0 Å². The van der Waals surface area contributed by atoms with E-state index in [1.165, 1.54) is 6.07 Å². The molecule has 0 aromatic heterocycles. The summed E-state index contributed by atoms with van der Waals surface area (Å²) in [6.07, 6.45) is 0.957. The van der Waals surface area contributed by atoms with Crippen molar-refractivity contribution in [2.45, 2.75) is 25.1 Å². The Morgan fingerprint density at radius 3 is 2.67 bits per heavy atom. The summed E-state index contributed by atoms with van der Waals surface area (Å²) in [5.74, 6) is 0.929. The predicted molar refractivity (Wildman–Crippen MR) is 88.0 cm³/mol. The second-order valence-electron chi connectivity index (χ2n) is 6.39. The van der Waals surface area contributed by atoms with Gasteiger partial charge in [-0.15, -0.1) is 0 Å². The van der Waals surface area contributed by atoms with Crippen molar-refractivity contribution in [3.63, 3.8) is 0 Å². The number of fused-ring (bicyclic) bond motifs is 1. The lowest BCUT2D eigenvalue weighted by Crippen LogP contribution is -2.35. The van der Waals surface area contributed by atoms with Gasteiger partial charge in [-0.2, -0.15) is 0 Å². The molecule has 2 aliphatic rings. The minimum atomic E-state index is -0.255. The van der Waals surface area contributed by atoms with Gasteiger partial charge >= 0.3 is 0 Å². The van der Waals surface area contributed by atoms with E-state index in [-0.39, 0.29) is 30.4 Å². The Hall–Kier alpha value is -2.40. The average Bonchev–Trinajstić information content (AvgIpc) is 3.17. The summed E-state index contributed by atoms with van der Waals surface area (Å²) in [4.78, 5) is 11.7. The predicted octanol–water partition coefficient (Wildman–Crippen LogP) is 2.55. The molecule has 4 rings (SSSR count). The lowest BCUT2D eigenvalue weighted by Gasteiger charge is -2.14. The van der Waals surface area contributed by atoms with Crippen molar-refractivity contribution in [3.05, 3.63) is 65.5 Å². The average molecular weight is 326 g/mol. The van der Waals surface area contributed by atoms with E-state index in [0.717, 1.165) is 18.5 Å². The van der Waals surface area contributed by atoms with Gasteiger partial charge in [0.25, 0.3) is 0 Å². The van der Waals surface area contributed by atoms with Gasteiger partial charge in [-0.25, -0.2) is 4.39 Å². The largest absolute Gasteiger partial charge is 0.489 e. The lowest BCUT2D eigenvalue weighted by molar-refractivity contribution is -0.120. The highest BCUT2D eigenvalue weighted by molar-refractivity contribution is 5.84. The van der Waals surface area contributed by atoms with Crippen LogP contribution in [-0.4, -0.2) is 18.5 Å². The number of halogens is 1. The van der Waals surface area contributed by atoms with Crippen LogP contribution in [0.15, 0.2) is 48.5 Å². The molecule has 2 aromatic carbocycles. The van der Waals surface area contributed by atoms with E-state index in [0.29, 0.717) is 17.2 Å². The van der Waals surface area contributed by atoms with Gasteiger partial charge in [0.05, 0.1) is 6.04 Å². The first-order valence-corrected chi connectivity index (χ1v) is 8.20. The number of ether oxygens (including phenoxy) is 1. The van der Waals surface area contributed by atoms with Crippen molar-refractivity contribution in [3.8, 4) is 5.75 Å². The molecule has 0 unspecified atom stereocenters.